The van der Waals surface area contributed by atoms with Gasteiger partial charge in [0.1, 0.15) is 18.7 Å². The molecule has 0 atom stereocenters. The maximum Gasteiger partial charge on any atom is 0.410 e. The van der Waals surface area contributed by atoms with Gasteiger partial charge in [0.15, 0.2) is 11.5 Å². The number of amides is 1. The Labute approximate surface area is 149 Å². The Hall–Kier alpha value is -1.91. The Morgan fingerprint density at radius 2 is 1.79 bits per heavy atom. The van der Waals surface area contributed by atoms with E-state index in [1.807, 2.05) is 27.7 Å². The average Bonchev–Trinajstić information content (AvgIpc) is 2.54. The summed E-state index contributed by atoms with van der Waals surface area (Å²) in [6.45, 7) is 3.47. The lowest BCUT2D eigenvalue weighted by molar-refractivity contribution is 0.0204. The topological polar surface area (TPSA) is 48.0 Å². The van der Waals surface area contributed by atoms with Gasteiger partial charge >= 0.3 is 6.09 Å². The Bertz CT molecular complexity index is 768. The van der Waals surface area contributed by atoms with Crippen LogP contribution in [0, 0.1) is 6.92 Å². The summed E-state index contributed by atoms with van der Waals surface area (Å²) in [4.78, 5) is 13.9. The van der Waals surface area contributed by atoms with Crippen molar-refractivity contribution in [2.24, 2.45) is 0 Å². The molecule has 1 fully saturated rings. The molecule has 0 aliphatic carbocycles. The summed E-state index contributed by atoms with van der Waals surface area (Å²) in [5.74, 6) is 0.597. The lowest BCUT2D eigenvalue weighted by Crippen LogP contribution is -2.41. The van der Waals surface area contributed by atoms with Gasteiger partial charge in [0.25, 0.3) is 0 Å². The number of piperidine rings is 1. The molecule has 1 aromatic carbocycles. The molecule has 0 bridgehead atoms. The highest BCUT2D eigenvalue weighted by Crippen LogP contribution is 2.38. The largest absolute Gasteiger partial charge is 0.486 e. The molecule has 2 aliphatic heterocycles. The minimum absolute atomic E-state index is 0.192. The number of ether oxygens (including phenoxy) is 3. The Morgan fingerprint density at radius 3 is 2.38 bits per heavy atom. The number of benzene rings is 1. The average molecular weight is 337 g/mol. The first-order valence-corrected chi connectivity index (χ1v) is 8.29. The van der Waals surface area contributed by atoms with Crippen molar-refractivity contribution in [2.45, 2.75) is 52.1 Å². The fraction of sp³-hybridized carbons (Fsp3) is 0.632. The van der Waals surface area contributed by atoms with Gasteiger partial charge in [-0.2, -0.15) is 0 Å². The molecule has 132 valence electrons. The van der Waals surface area contributed by atoms with Crippen molar-refractivity contribution in [3.63, 3.8) is 0 Å². The molecule has 2 aliphatic rings. The molecule has 1 amide bonds. The molecule has 0 N–H and O–H groups in total. The van der Waals surface area contributed by atoms with Crippen LogP contribution in [0.25, 0.3) is 0 Å². The summed E-state index contributed by atoms with van der Waals surface area (Å²) in [6, 6.07) is 3.43. The minimum atomic E-state index is -2.58. The van der Waals surface area contributed by atoms with Crippen LogP contribution in [-0.2, 0) is 4.74 Å². The Balaban J connectivity index is 1.74. The summed E-state index contributed by atoms with van der Waals surface area (Å²) < 4.78 is 46.9. The second-order valence-corrected chi connectivity index (χ2v) is 7.31. The number of likely N-dealkylation sites (tertiary alicyclic amines) is 1. The Kier molecular flexibility index (Phi) is 3.39. The predicted molar refractivity (Wildman–Crippen MR) is 92.0 cm³/mol. The fourth-order valence-electron chi connectivity index (χ4n) is 3.13. The highest BCUT2D eigenvalue weighted by Gasteiger charge is 2.29. The van der Waals surface area contributed by atoms with Crippen molar-refractivity contribution in [1.82, 2.24) is 4.90 Å². The molecule has 1 aromatic rings. The van der Waals surface area contributed by atoms with Gasteiger partial charge in [0, 0.05) is 13.1 Å². The molecule has 5 nitrogen and oxygen atoms in total. The van der Waals surface area contributed by atoms with Crippen LogP contribution in [-0.4, -0.2) is 42.8 Å². The third kappa shape index (κ3) is 3.77. The summed E-state index contributed by atoms with van der Waals surface area (Å²) in [6.07, 6.45) is 1.21. The second-order valence-electron chi connectivity index (χ2n) is 7.31. The van der Waals surface area contributed by atoms with Crippen LogP contribution >= 0.6 is 0 Å². The molecule has 0 unspecified atom stereocenters. The number of aryl methyl sites for hydroxylation is 1. The van der Waals surface area contributed by atoms with Gasteiger partial charge in [-0.05, 0) is 69.7 Å². The molecule has 3 rings (SSSR count). The Morgan fingerprint density at radius 1 is 1.21 bits per heavy atom. The van der Waals surface area contributed by atoms with Crippen molar-refractivity contribution in [3.8, 4) is 11.5 Å². The van der Waals surface area contributed by atoms with Crippen LogP contribution < -0.4 is 9.47 Å². The third-order valence-corrected chi connectivity index (χ3v) is 4.28. The monoisotopic (exact) mass is 337 g/mol. The van der Waals surface area contributed by atoms with E-state index in [-0.39, 0.29) is 23.5 Å². The van der Waals surface area contributed by atoms with Crippen molar-refractivity contribution in [3.05, 3.63) is 23.3 Å². The van der Waals surface area contributed by atoms with Crippen LogP contribution in [0.2, 0.25) is 0 Å². The smallest absolute Gasteiger partial charge is 0.410 e. The zero-order valence-electron chi connectivity index (χ0n) is 18.6. The van der Waals surface area contributed by atoms with Crippen molar-refractivity contribution in [2.75, 3.05) is 26.2 Å². The summed E-state index contributed by atoms with van der Waals surface area (Å²) in [7, 11) is 0. The molecule has 0 spiro atoms. The van der Waals surface area contributed by atoms with E-state index in [4.69, 9.17) is 19.7 Å². The number of nitrogens with zero attached hydrogens (tertiary/aromatic N) is 1. The first-order chi connectivity index (χ1) is 12.8. The first kappa shape index (κ1) is 12.5. The molecule has 1 saturated heterocycles. The number of fused-ring (bicyclic) bond motifs is 1. The lowest BCUT2D eigenvalue weighted by Gasteiger charge is -2.34. The van der Waals surface area contributed by atoms with Crippen LogP contribution in [0.1, 0.15) is 56.1 Å². The second kappa shape index (κ2) is 6.54. The fourth-order valence-corrected chi connectivity index (χ4v) is 3.13. The van der Waals surface area contributed by atoms with Crippen LogP contribution in [0.15, 0.2) is 12.1 Å². The molecule has 5 heteroatoms. The van der Waals surface area contributed by atoms with Gasteiger partial charge in [-0.1, -0.05) is 0 Å². The van der Waals surface area contributed by atoms with Crippen LogP contribution in [0.4, 0.5) is 4.79 Å². The van der Waals surface area contributed by atoms with Gasteiger partial charge in [-0.15, -0.1) is 0 Å². The number of hydrogen-bond donors (Lipinski definition) is 0. The van der Waals surface area contributed by atoms with Gasteiger partial charge in [0.05, 0.1) is 5.48 Å². The zero-order valence-corrected chi connectivity index (χ0v) is 14.6. The molecule has 0 saturated carbocycles. The molecular weight excluding hydrogens is 306 g/mol. The molecular formula is C19H27NO4. The van der Waals surface area contributed by atoms with E-state index in [9.17, 15) is 4.79 Å². The highest BCUT2D eigenvalue weighted by molar-refractivity contribution is 5.68. The summed E-state index contributed by atoms with van der Waals surface area (Å²) in [5.41, 5.74) is 1.41. The quantitative estimate of drug-likeness (QED) is 0.780. The van der Waals surface area contributed by atoms with Crippen LogP contribution in [0.3, 0.4) is 0 Å². The third-order valence-electron chi connectivity index (χ3n) is 4.28. The van der Waals surface area contributed by atoms with Crippen molar-refractivity contribution < 1.29 is 24.5 Å². The molecule has 0 radical (unpaired) electrons. The molecule has 2 heterocycles. The first-order valence-electron chi connectivity index (χ1n) is 10.3. The van der Waals surface area contributed by atoms with Gasteiger partial charge in [0.2, 0.25) is 0 Å². The number of hydrogen-bond acceptors (Lipinski definition) is 4. The standard InChI is InChI=1S/C19H27NO4/c1-13-11-16-17(23-10-9-22-16)12-15(13)14-5-7-20(8-6-14)18(21)24-19(2,3)4/h11-12,14H,5-10H2,1-4H3/i9D2,10D2. The maximum atomic E-state index is 12.2. The predicted octanol–water partition coefficient (Wildman–Crippen LogP) is 3.88. The summed E-state index contributed by atoms with van der Waals surface area (Å²) >= 11 is 0. The SMILES string of the molecule is [2H]C1([2H])Oc2cc(C)c(C3CCN(C(=O)OC(C)(C)C)CC3)cc2OC1([2H])[2H]. The number of carbonyl (C=O) groups excluding carboxylic acids is 1. The van der Waals surface area contributed by atoms with Gasteiger partial charge in [-0.25, -0.2) is 4.79 Å². The zero-order chi connectivity index (χ0) is 20.9. The van der Waals surface area contributed by atoms with E-state index < -0.39 is 18.7 Å². The summed E-state index contributed by atoms with van der Waals surface area (Å²) in [5, 5.41) is 0. The minimum Gasteiger partial charge on any atom is -0.486 e. The van der Waals surface area contributed by atoms with E-state index in [0.29, 0.717) is 13.1 Å². The number of rotatable bonds is 1. The van der Waals surface area contributed by atoms with E-state index in [2.05, 4.69) is 0 Å². The van der Waals surface area contributed by atoms with E-state index >= 15 is 0 Å². The highest BCUT2D eigenvalue weighted by atomic mass is 16.6. The van der Waals surface area contributed by atoms with Crippen molar-refractivity contribution in [1.29, 1.82) is 0 Å². The van der Waals surface area contributed by atoms with E-state index in [0.717, 1.165) is 24.0 Å². The van der Waals surface area contributed by atoms with Gasteiger partial charge in [-0.3, -0.25) is 0 Å². The van der Waals surface area contributed by atoms with Gasteiger partial charge < -0.3 is 19.1 Å². The van der Waals surface area contributed by atoms with E-state index in [1.165, 1.54) is 0 Å². The maximum absolute atomic E-state index is 12.2. The molecule has 0 aromatic heterocycles. The van der Waals surface area contributed by atoms with E-state index in [1.54, 1.807) is 17.0 Å². The molecule has 24 heavy (non-hydrogen) atoms. The van der Waals surface area contributed by atoms with Crippen LogP contribution in [0.5, 0.6) is 11.5 Å². The number of carbonyl (C=O) groups is 1. The van der Waals surface area contributed by atoms with Crippen molar-refractivity contribution >= 4 is 6.09 Å². The lowest BCUT2D eigenvalue weighted by atomic mass is 9.86. The normalized spacial score (nSPS) is 25.1.